The van der Waals surface area contributed by atoms with Gasteiger partial charge in [-0.1, -0.05) is 39.5 Å². The Hall–Kier alpha value is -1.61. The molecule has 25 heavy (non-hydrogen) atoms. The van der Waals surface area contributed by atoms with Crippen LogP contribution in [-0.4, -0.2) is 10.2 Å². The molecule has 136 valence electrons. The molecule has 0 heterocycles. The third-order valence-corrected chi connectivity index (χ3v) is 5.30. The maximum atomic E-state index is 10.1. The first kappa shape index (κ1) is 19.7. The van der Waals surface area contributed by atoms with Crippen molar-refractivity contribution in [3.05, 3.63) is 47.5 Å². The quantitative estimate of drug-likeness (QED) is 0.571. The number of rotatable bonds is 8. The van der Waals surface area contributed by atoms with Gasteiger partial charge in [0.1, 0.15) is 11.5 Å². The van der Waals surface area contributed by atoms with Gasteiger partial charge in [-0.3, -0.25) is 0 Å². The van der Waals surface area contributed by atoms with Gasteiger partial charge >= 0.3 is 0 Å². The van der Waals surface area contributed by atoms with Crippen molar-refractivity contribution in [1.82, 2.24) is 0 Å². The molecule has 2 N–H and O–H groups in total. The predicted octanol–water partition coefficient (Wildman–Crippen LogP) is 6.43. The average molecular weight is 359 g/mol. The van der Waals surface area contributed by atoms with Crippen LogP contribution < -0.4 is 0 Å². The molecule has 0 bridgehead atoms. The Labute approximate surface area is 156 Å². The third-order valence-electron chi connectivity index (χ3n) is 4.32. The fourth-order valence-corrected chi connectivity index (χ4v) is 3.62. The minimum absolute atomic E-state index is 0.383. The van der Waals surface area contributed by atoms with Crippen LogP contribution in [0.2, 0.25) is 0 Å². The van der Waals surface area contributed by atoms with Crippen LogP contribution >= 0.6 is 11.8 Å². The number of phenols is 2. The van der Waals surface area contributed by atoms with Crippen LogP contribution in [0.5, 0.6) is 11.5 Å². The molecule has 2 nitrogen and oxygen atoms in total. The maximum absolute atomic E-state index is 10.1. The van der Waals surface area contributed by atoms with Gasteiger partial charge < -0.3 is 10.2 Å². The number of hydrogen-bond acceptors (Lipinski definition) is 3. The second-order valence-electron chi connectivity index (χ2n) is 7.55. The van der Waals surface area contributed by atoms with E-state index >= 15 is 0 Å². The van der Waals surface area contributed by atoms with E-state index in [0.29, 0.717) is 23.3 Å². The van der Waals surface area contributed by atoms with Crippen molar-refractivity contribution in [3.8, 4) is 11.5 Å². The van der Waals surface area contributed by atoms with E-state index in [1.807, 2.05) is 12.1 Å². The van der Waals surface area contributed by atoms with E-state index in [4.69, 9.17) is 0 Å². The zero-order valence-corrected chi connectivity index (χ0v) is 16.6. The standard InChI is InChI=1S/C22H30O2S/c1-15(2)5-7-17-13-19(9-11-21(17)23)25-20-10-12-22(24)18(14-20)8-6-16(3)4/h9-16,23-24H,5-8H2,1-4H3. The van der Waals surface area contributed by atoms with Gasteiger partial charge in [0.2, 0.25) is 0 Å². The summed E-state index contributed by atoms with van der Waals surface area (Å²) in [6.45, 7) is 8.80. The number of aromatic hydroxyl groups is 2. The lowest BCUT2D eigenvalue weighted by molar-refractivity contribution is 0.462. The van der Waals surface area contributed by atoms with E-state index in [0.717, 1.165) is 46.6 Å². The van der Waals surface area contributed by atoms with Crippen LogP contribution in [-0.2, 0) is 12.8 Å². The third kappa shape index (κ3) is 6.32. The lowest BCUT2D eigenvalue weighted by Gasteiger charge is -2.11. The van der Waals surface area contributed by atoms with E-state index in [1.54, 1.807) is 23.9 Å². The van der Waals surface area contributed by atoms with E-state index in [-0.39, 0.29) is 0 Å². The van der Waals surface area contributed by atoms with Gasteiger partial charge in [0.15, 0.2) is 0 Å². The molecular weight excluding hydrogens is 328 g/mol. The molecule has 0 radical (unpaired) electrons. The first-order chi connectivity index (χ1) is 11.8. The molecule has 3 heteroatoms. The Morgan fingerprint density at radius 1 is 0.720 bits per heavy atom. The molecule has 2 aromatic carbocycles. The molecule has 0 aromatic heterocycles. The van der Waals surface area contributed by atoms with Gasteiger partial charge in [-0.25, -0.2) is 0 Å². The van der Waals surface area contributed by atoms with Crippen LogP contribution in [0.15, 0.2) is 46.2 Å². The summed E-state index contributed by atoms with van der Waals surface area (Å²) in [7, 11) is 0. The second kappa shape index (κ2) is 9.19. The SMILES string of the molecule is CC(C)CCc1cc(Sc2ccc(O)c(CCC(C)C)c2)ccc1O. The largest absolute Gasteiger partial charge is 0.508 e. The van der Waals surface area contributed by atoms with Gasteiger partial charge in [0.05, 0.1) is 0 Å². The highest BCUT2D eigenvalue weighted by Gasteiger charge is 2.08. The van der Waals surface area contributed by atoms with Crippen molar-refractivity contribution in [1.29, 1.82) is 0 Å². The molecular formula is C22H30O2S. The smallest absolute Gasteiger partial charge is 0.118 e. The molecule has 2 rings (SSSR count). The molecule has 0 fully saturated rings. The van der Waals surface area contributed by atoms with E-state index in [1.165, 1.54) is 0 Å². The monoisotopic (exact) mass is 358 g/mol. The Balaban J connectivity index is 2.13. The maximum Gasteiger partial charge on any atom is 0.118 e. The summed E-state index contributed by atoms with van der Waals surface area (Å²) < 4.78 is 0. The zero-order valence-electron chi connectivity index (χ0n) is 15.7. The van der Waals surface area contributed by atoms with Crippen molar-refractivity contribution >= 4 is 11.8 Å². The summed E-state index contributed by atoms with van der Waals surface area (Å²) in [6.07, 6.45) is 3.93. The summed E-state index contributed by atoms with van der Waals surface area (Å²) in [5.74, 6) is 2.01. The van der Waals surface area contributed by atoms with Gasteiger partial charge in [0.25, 0.3) is 0 Å². The fourth-order valence-electron chi connectivity index (χ4n) is 2.68. The molecule has 0 spiro atoms. The van der Waals surface area contributed by atoms with E-state index < -0.39 is 0 Å². The van der Waals surface area contributed by atoms with Crippen molar-refractivity contribution in [3.63, 3.8) is 0 Å². The predicted molar refractivity (Wildman–Crippen MR) is 107 cm³/mol. The molecule has 0 saturated heterocycles. The number of aryl methyl sites for hydroxylation is 2. The molecule has 0 atom stereocenters. The van der Waals surface area contributed by atoms with Crippen LogP contribution in [0.4, 0.5) is 0 Å². The number of benzene rings is 2. The highest BCUT2D eigenvalue weighted by atomic mass is 32.2. The Morgan fingerprint density at radius 2 is 1.12 bits per heavy atom. The van der Waals surface area contributed by atoms with Crippen LogP contribution in [0, 0.1) is 11.8 Å². The molecule has 2 aromatic rings. The molecule has 0 aliphatic rings. The molecule has 0 aliphatic carbocycles. The minimum Gasteiger partial charge on any atom is -0.508 e. The first-order valence-corrected chi connectivity index (χ1v) is 9.98. The van der Waals surface area contributed by atoms with Crippen LogP contribution in [0.1, 0.15) is 51.7 Å². The van der Waals surface area contributed by atoms with Crippen molar-refractivity contribution < 1.29 is 10.2 Å². The van der Waals surface area contributed by atoms with E-state index in [9.17, 15) is 10.2 Å². The van der Waals surface area contributed by atoms with Gasteiger partial charge in [0, 0.05) is 9.79 Å². The van der Waals surface area contributed by atoms with Crippen LogP contribution in [0.25, 0.3) is 0 Å². The Morgan fingerprint density at radius 3 is 1.48 bits per heavy atom. The summed E-state index contributed by atoms with van der Waals surface area (Å²) in [4.78, 5) is 2.24. The Kier molecular flexibility index (Phi) is 7.24. The van der Waals surface area contributed by atoms with Crippen LogP contribution in [0.3, 0.4) is 0 Å². The summed E-state index contributed by atoms with van der Waals surface area (Å²) in [5, 5.41) is 20.1. The second-order valence-corrected chi connectivity index (χ2v) is 8.70. The van der Waals surface area contributed by atoms with Crippen molar-refractivity contribution in [2.75, 3.05) is 0 Å². The normalized spacial score (nSPS) is 11.4. The molecule has 0 aliphatic heterocycles. The van der Waals surface area contributed by atoms with Crippen molar-refractivity contribution in [2.45, 2.75) is 63.2 Å². The zero-order chi connectivity index (χ0) is 18.4. The average Bonchev–Trinajstić information content (AvgIpc) is 2.55. The highest BCUT2D eigenvalue weighted by molar-refractivity contribution is 7.99. The summed E-state index contributed by atoms with van der Waals surface area (Å²) in [6, 6.07) is 11.7. The number of phenolic OH excluding ortho intramolecular Hbond substituents is 2. The summed E-state index contributed by atoms with van der Waals surface area (Å²) in [5.41, 5.74) is 2.02. The highest BCUT2D eigenvalue weighted by Crippen LogP contribution is 2.34. The Bertz CT molecular complexity index is 633. The topological polar surface area (TPSA) is 40.5 Å². The number of hydrogen-bond donors (Lipinski definition) is 2. The lowest BCUT2D eigenvalue weighted by atomic mass is 10.0. The van der Waals surface area contributed by atoms with E-state index in [2.05, 4.69) is 39.8 Å². The van der Waals surface area contributed by atoms with Gasteiger partial charge in [-0.15, -0.1) is 0 Å². The van der Waals surface area contributed by atoms with Gasteiger partial charge in [-0.05, 0) is 85.0 Å². The minimum atomic E-state index is 0.383. The fraction of sp³-hybridized carbons (Fsp3) is 0.455. The lowest BCUT2D eigenvalue weighted by Crippen LogP contribution is -1.94. The van der Waals surface area contributed by atoms with Gasteiger partial charge in [-0.2, -0.15) is 0 Å². The molecule has 0 unspecified atom stereocenters. The van der Waals surface area contributed by atoms with Crippen molar-refractivity contribution in [2.24, 2.45) is 11.8 Å². The first-order valence-electron chi connectivity index (χ1n) is 9.16. The molecule has 0 saturated carbocycles. The molecule has 0 amide bonds. The summed E-state index contributed by atoms with van der Waals surface area (Å²) >= 11 is 1.68.